The second-order valence-corrected chi connectivity index (χ2v) is 12.2. The van der Waals surface area contributed by atoms with E-state index < -0.39 is 6.04 Å². The molecular weight excluding hydrogens is 595 g/mol. The van der Waals surface area contributed by atoms with E-state index in [0.29, 0.717) is 55.5 Å². The second-order valence-electron chi connectivity index (χ2n) is 10.2. The first-order valence-corrected chi connectivity index (χ1v) is 15.9. The van der Waals surface area contributed by atoms with Gasteiger partial charge in [-0.15, -0.1) is 0 Å². The Balaban J connectivity index is 1.53. The van der Waals surface area contributed by atoms with Gasteiger partial charge in [0.15, 0.2) is 15.1 Å². The molecule has 1 aliphatic heterocycles. The topological polar surface area (TPSA) is 103 Å². The molecule has 0 N–H and O–H groups in total. The van der Waals surface area contributed by atoms with Crippen molar-refractivity contribution in [1.29, 1.82) is 0 Å². The van der Waals surface area contributed by atoms with Crippen molar-refractivity contribution >= 4 is 45.9 Å². The standard InChI is InChI=1S/C33H31N5O4S2/c1-6-37(7-2)31(40)27-20(4)36-33-38(29(27)28-23-11-9-8-10-21(23)12-14-24(28)41-5)30(39)25(43-33)18-22-13-15-26(42-22)44-32-34-17-16-19(3)35-32/h8-18,29H,6-7H2,1-5H3/b25-18-/t29-/m0/s1. The number of benzene rings is 2. The maximum atomic E-state index is 14.3. The van der Waals surface area contributed by atoms with E-state index in [4.69, 9.17) is 14.1 Å². The number of methoxy groups -OCH3 is 1. The SMILES string of the molecule is CCN(CC)C(=O)C1=C(C)N=c2s/c(=C\c3ccc(Sc4nccc(C)n4)o3)c(=O)n2[C@@H]1c1c(OC)ccc2ccccc12. The zero-order chi connectivity index (χ0) is 31.0. The van der Waals surface area contributed by atoms with Gasteiger partial charge in [-0.1, -0.05) is 41.7 Å². The lowest BCUT2D eigenvalue weighted by Crippen LogP contribution is -2.43. The van der Waals surface area contributed by atoms with E-state index in [1.807, 2.05) is 82.3 Å². The molecule has 9 nitrogen and oxygen atoms in total. The number of nitrogens with zero attached hydrogens (tertiary/aromatic N) is 5. The number of thiazole rings is 1. The van der Waals surface area contributed by atoms with Crippen molar-refractivity contribution in [3.05, 3.63) is 109 Å². The van der Waals surface area contributed by atoms with Gasteiger partial charge in [0.1, 0.15) is 17.6 Å². The normalized spacial score (nSPS) is 14.9. The minimum atomic E-state index is -0.747. The Labute approximate surface area is 262 Å². The number of ether oxygens (including phenoxy) is 1. The van der Waals surface area contributed by atoms with Crippen LogP contribution in [0.1, 0.15) is 43.8 Å². The Kier molecular flexibility index (Phi) is 8.24. The van der Waals surface area contributed by atoms with Crippen molar-refractivity contribution in [2.24, 2.45) is 4.99 Å². The number of amides is 1. The minimum Gasteiger partial charge on any atom is -0.496 e. The number of likely N-dealkylation sites (N-methyl/N-ethyl adjacent to an activating group) is 1. The molecule has 6 rings (SSSR count). The zero-order valence-electron chi connectivity index (χ0n) is 25.0. The van der Waals surface area contributed by atoms with Crippen LogP contribution < -0.4 is 19.6 Å². The van der Waals surface area contributed by atoms with Gasteiger partial charge in [-0.25, -0.2) is 15.0 Å². The maximum absolute atomic E-state index is 14.3. The van der Waals surface area contributed by atoms with Crippen LogP contribution in [0, 0.1) is 6.92 Å². The lowest BCUT2D eigenvalue weighted by Gasteiger charge is -2.30. The summed E-state index contributed by atoms with van der Waals surface area (Å²) in [6, 6.07) is 16.5. The van der Waals surface area contributed by atoms with Crippen LogP contribution in [0.3, 0.4) is 0 Å². The van der Waals surface area contributed by atoms with Crippen LogP contribution >= 0.6 is 23.1 Å². The quantitative estimate of drug-likeness (QED) is 0.221. The third-order valence-electron chi connectivity index (χ3n) is 7.57. The molecule has 0 fully saturated rings. The molecule has 224 valence electrons. The zero-order valence-corrected chi connectivity index (χ0v) is 26.7. The summed E-state index contributed by atoms with van der Waals surface area (Å²) in [5, 5.41) is 3.07. The molecule has 5 aromatic rings. The third-order valence-corrected chi connectivity index (χ3v) is 9.35. The van der Waals surface area contributed by atoms with Gasteiger partial charge in [0, 0.05) is 36.6 Å². The van der Waals surface area contributed by atoms with Gasteiger partial charge in [0.2, 0.25) is 0 Å². The molecule has 3 aromatic heterocycles. The summed E-state index contributed by atoms with van der Waals surface area (Å²) in [7, 11) is 1.61. The summed E-state index contributed by atoms with van der Waals surface area (Å²) in [4.78, 5) is 44.2. The highest BCUT2D eigenvalue weighted by molar-refractivity contribution is 7.99. The Morgan fingerprint density at radius 1 is 1.11 bits per heavy atom. The molecule has 1 aliphatic rings. The molecule has 1 atom stereocenters. The van der Waals surface area contributed by atoms with Gasteiger partial charge in [-0.3, -0.25) is 14.2 Å². The summed E-state index contributed by atoms with van der Waals surface area (Å²) in [5.41, 5.74) is 2.38. The molecule has 0 aliphatic carbocycles. The maximum Gasteiger partial charge on any atom is 0.271 e. The first-order chi connectivity index (χ1) is 21.3. The predicted octanol–water partition coefficient (Wildman–Crippen LogP) is 5.11. The number of fused-ring (bicyclic) bond motifs is 2. The van der Waals surface area contributed by atoms with Gasteiger partial charge < -0.3 is 14.1 Å². The molecule has 44 heavy (non-hydrogen) atoms. The molecule has 0 saturated heterocycles. The number of allylic oxidation sites excluding steroid dienone is 1. The molecule has 0 radical (unpaired) electrons. The van der Waals surface area contributed by atoms with Crippen molar-refractivity contribution in [2.75, 3.05) is 20.2 Å². The van der Waals surface area contributed by atoms with Crippen molar-refractivity contribution < 1.29 is 13.9 Å². The number of hydrogen-bond acceptors (Lipinski definition) is 9. The Bertz CT molecular complexity index is 2110. The molecule has 0 unspecified atom stereocenters. The van der Waals surface area contributed by atoms with Crippen LogP contribution in [0.25, 0.3) is 16.8 Å². The first kappa shape index (κ1) is 29.6. The summed E-state index contributed by atoms with van der Waals surface area (Å²) < 4.78 is 14.0. The molecular formula is C33H31N5O4S2. The van der Waals surface area contributed by atoms with E-state index in [-0.39, 0.29) is 11.5 Å². The predicted molar refractivity (Wildman–Crippen MR) is 172 cm³/mol. The Hall–Kier alpha value is -4.48. The van der Waals surface area contributed by atoms with Crippen LogP contribution in [-0.4, -0.2) is 45.5 Å². The summed E-state index contributed by atoms with van der Waals surface area (Å²) in [6.45, 7) is 8.69. The lowest BCUT2D eigenvalue weighted by molar-refractivity contribution is -0.127. The average Bonchev–Trinajstić information content (AvgIpc) is 3.59. The van der Waals surface area contributed by atoms with Crippen LogP contribution in [0.2, 0.25) is 0 Å². The molecule has 0 spiro atoms. The molecule has 0 saturated carbocycles. The molecule has 2 aromatic carbocycles. The van der Waals surface area contributed by atoms with E-state index in [0.717, 1.165) is 22.0 Å². The van der Waals surface area contributed by atoms with Crippen molar-refractivity contribution in [1.82, 2.24) is 19.4 Å². The fraction of sp³-hybridized carbons (Fsp3) is 0.242. The van der Waals surface area contributed by atoms with E-state index in [1.54, 1.807) is 28.8 Å². The van der Waals surface area contributed by atoms with E-state index in [9.17, 15) is 9.59 Å². The minimum absolute atomic E-state index is 0.156. The fourth-order valence-electron chi connectivity index (χ4n) is 5.45. The number of rotatable bonds is 8. The van der Waals surface area contributed by atoms with Crippen LogP contribution in [0.15, 0.2) is 96.5 Å². The van der Waals surface area contributed by atoms with Gasteiger partial charge in [0.25, 0.3) is 11.5 Å². The number of carbonyl (C=O) groups excluding carboxylic acids is 1. The first-order valence-electron chi connectivity index (χ1n) is 14.3. The molecule has 4 heterocycles. The average molecular weight is 626 g/mol. The fourth-order valence-corrected chi connectivity index (χ4v) is 7.23. The van der Waals surface area contributed by atoms with Crippen molar-refractivity contribution in [2.45, 2.75) is 44.0 Å². The Morgan fingerprint density at radius 2 is 1.91 bits per heavy atom. The smallest absolute Gasteiger partial charge is 0.271 e. The largest absolute Gasteiger partial charge is 0.496 e. The monoisotopic (exact) mass is 625 g/mol. The lowest BCUT2D eigenvalue weighted by atomic mass is 9.90. The number of aryl methyl sites for hydroxylation is 1. The third kappa shape index (κ3) is 5.37. The summed E-state index contributed by atoms with van der Waals surface area (Å²) in [6.07, 6.45) is 3.42. The van der Waals surface area contributed by atoms with Crippen molar-refractivity contribution in [3.8, 4) is 5.75 Å². The van der Waals surface area contributed by atoms with Crippen LogP contribution in [-0.2, 0) is 4.79 Å². The van der Waals surface area contributed by atoms with Crippen molar-refractivity contribution in [3.63, 3.8) is 0 Å². The highest BCUT2D eigenvalue weighted by Crippen LogP contribution is 2.40. The number of furan rings is 1. The highest BCUT2D eigenvalue weighted by Gasteiger charge is 2.36. The molecule has 0 bridgehead atoms. The van der Waals surface area contributed by atoms with Crippen LogP contribution in [0.5, 0.6) is 5.75 Å². The van der Waals surface area contributed by atoms with E-state index >= 15 is 0 Å². The van der Waals surface area contributed by atoms with Gasteiger partial charge in [0.05, 0.1) is 22.9 Å². The van der Waals surface area contributed by atoms with Gasteiger partial charge in [-0.2, -0.15) is 0 Å². The molecule has 11 heteroatoms. The van der Waals surface area contributed by atoms with E-state index in [1.165, 1.54) is 23.1 Å². The second kappa shape index (κ2) is 12.3. The Morgan fingerprint density at radius 3 is 2.66 bits per heavy atom. The summed E-state index contributed by atoms with van der Waals surface area (Å²) in [5.74, 6) is 0.949. The highest BCUT2D eigenvalue weighted by atomic mass is 32.2. The van der Waals surface area contributed by atoms with Gasteiger partial charge in [-0.05, 0) is 74.5 Å². The number of hydrogen-bond donors (Lipinski definition) is 0. The molecule has 1 amide bonds. The van der Waals surface area contributed by atoms with Crippen LogP contribution in [0.4, 0.5) is 0 Å². The van der Waals surface area contributed by atoms with Gasteiger partial charge >= 0.3 is 0 Å². The number of carbonyl (C=O) groups is 1. The summed E-state index contributed by atoms with van der Waals surface area (Å²) >= 11 is 2.57. The number of aromatic nitrogens is 3. The van der Waals surface area contributed by atoms with E-state index in [2.05, 4.69) is 9.97 Å².